The standard InChI is InChI=1S/C24H37NO2Si/c1-23(2,3)17-11-10-12-18-25(7)19-22(26)20-13-15-21(16-14-20)27-28(8,9)24(4,5)6/h10,12-16H,18-19H2,1-9H3. The van der Waals surface area contributed by atoms with Crippen LogP contribution >= 0.6 is 0 Å². The van der Waals surface area contributed by atoms with Crippen molar-refractivity contribution in [2.75, 3.05) is 20.1 Å². The number of likely N-dealkylation sites (N-methyl/N-ethyl adjacent to an activating group) is 1. The summed E-state index contributed by atoms with van der Waals surface area (Å²) in [5.41, 5.74) is 0.720. The van der Waals surface area contributed by atoms with Gasteiger partial charge in [-0.25, -0.2) is 0 Å². The Labute approximate surface area is 173 Å². The van der Waals surface area contributed by atoms with Crippen LogP contribution in [0.25, 0.3) is 0 Å². The normalized spacial score (nSPS) is 12.8. The van der Waals surface area contributed by atoms with Crippen molar-refractivity contribution in [3.05, 3.63) is 42.0 Å². The number of hydrogen-bond acceptors (Lipinski definition) is 3. The highest BCUT2D eigenvalue weighted by atomic mass is 28.4. The van der Waals surface area contributed by atoms with E-state index in [1.807, 2.05) is 48.4 Å². The van der Waals surface area contributed by atoms with Crippen molar-refractivity contribution in [1.29, 1.82) is 0 Å². The molecule has 0 saturated heterocycles. The molecule has 1 rings (SSSR count). The van der Waals surface area contributed by atoms with Gasteiger partial charge in [-0.05, 0) is 76.3 Å². The van der Waals surface area contributed by atoms with Crippen molar-refractivity contribution >= 4 is 14.1 Å². The Bertz CT molecular complexity index is 738. The first kappa shape index (κ1) is 24.2. The molecule has 0 bridgehead atoms. The topological polar surface area (TPSA) is 29.5 Å². The van der Waals surface area contributed by atoms with Crippen LogP contribution in [0.15, 0.2) is 36.4 Å². The molecule has 0 aliphatic carbocycles. The molecular weight excluding hydrogens is 362 g/mol. The number of allylic oxidation sites excluding steroid dienone is 1. The van der Waals surface area contributed by atoms with Crippen LogP contribution in [-0.4, -0.2) is 39.1 Å². The quantitative estimate of drug-likeness (QED) is 0.330. The van der Waals surface area contributed by atoms with Crippen LogP contribution in [0, 0.1) is 17.3 Å². The van der Waals surface area contributed by atoms with E-state index in [0.717, 1.165) is 5.75 Å². The fourth-order valence-electron chi connectivity index (χ4n) is 2.11. The van der Waals surface area contributed by atoms with E-state index in [4.69, 9.17) is 4.43 Å². The number of hydrogen-bond donors (Lipinski definition) is 0. The second-order valence-corrected chi connectivity index (χ2v) is 14.7. The Hall–Kier alpha value is -1.83. The molecule has 154 valence electrons. The minimum atomic E-state index is -1.86. The second kappa shape index (κ2) is 9.58. The van der Waals surface area contributed by atoms with Crippen LogP contribution in [0.3, 0.4) is 0 Å². The second-order valence-electron chi connectivity index (χ2n) is 9.93. The highest BCUT2D eigenvalue weighted by molar-refractivity contribution is 6.74. The molecule has 3 nitrogen and oxygen atoms in total. The average molecular weight is 400 g/mol. The molecule has 0 radical (unpaired) electrons. The van der Waals surface area contributed by atoms with Crippen molar-refractivity contribution in [2.45, 2.75) is 59.7 Å². The van der Waals surface area contributed by atoms with Crippen molar-refractivity contribution in [1.82, 2.24) is 4.90 Å². The van der Waals surface area contributed by atoms with Crippen LogP contribution in [0.2, 0.25) is 18.1 Å². The number of carbonyl (C=O) groups is 1. The Kier molecular flexibility index (Phi) is 8.28. The predicted molar refractivity (Wildman–Crippen MR) is 122 cm³/mol. The number of ketones is 1. The number of nitrogens with zero attached hydrogens (tertiary/aromatic N) is 1. The first-order chi connectivity index (χ1) is 12.7. The first-order valence-electron chi connectivity index (χ1n) is 9.90. The SMILES string of the molecule is CN(CC=CC#CC(C)(C)C)CC(=O)c1ccc(O[Si](C)(C)C(C)(C)C)cc1. The summed E-state index contributed by atoms with van der Waals surface area (Å²) in [7, 11) is 0.0767. The molecule has 28 heavy (non-hydrogen) atoms. The maximum absolute atomic E-state index is 12.5. The lowest BCUT2D eigenvalue weighted by Crippen LogP contribution is -2.43. The fraction of sp³-hybridized carbons (Fsp3) is 0.542. The summed E-state index contributed by atoms with van der Waals surface area (Å²) in [5, 5.41) is 0.148. The predicted octanol–water partition coefficient (Wildman–Crippen LogP) is 5.79. The summed E-state index contributed by atoms with van der Waals surface area (Å²) < 4.78 is 6.28. The van der Waals surface area contributed by atoms with Gasteiger partial charge in [0, 0.05) is 17.5 Å². The maximum atomic E-state index is 12.5. The molecule has 0 atom stereocenters. The van der Waals surface area contributed by atoms with Gasteiger partial charge in [0.05, 0.1) is 6.54 Å². The number of Topliss-reactive ketones (excluding diaryl/α,β-unsaturated/α-hetero) is 1. The lowest BCUT2D eigenvalue weighted by molar-refractivity contribution is 0.0952. The van der Waals surface area contributed by atoms with E-state index >= 15 is 0 Å². The van der Waals surface area contributed by atoms with Crippen LogP contribution in [-0.2, 0) is 0 Å². The van der Waals surface area contributed by atoms with Gasteiger partial charge in [-0.3, -0.25) is 9.69 Å². The summed E-state index contributed by atoms with van der Waals surface area (Å²) in [4.78, 5) is 14.5. The molecule has 0 N–H and O–H groups in total. The molecule has 0 spiro atoms. The van der Waals surface area contributed by atoms with E-state index in [2.05, 4.69) is 66.5 Å². The molecule has 0 aliphatic rings. The Balaban J connectivity index is 2.61. The third-order valence-corrected chi connectivity index (χ3v) is 9.19. The van der Waals surface area contributed by atoms with Crippen LogP contribution in [0.5, 0.6) is 5.75 Å². The van der Waals surface area contributed by atoms with Crippen LogP contribution < -0.4 is 4.43 Å². The third-order valence-electron chi connectivity index (χ3n) is 4.83. The molecule has 0 fully saturated rings. The molecule has 1 aromatic rings. The van der Waals surface area contributed by atoms with Crippen molar-refractivity contribution in [3.8, 4) is 17.6 Å². The Morgan fingerprint density at radius 2 is 1.68 bits per heavy atom. The van der Waals surface area contributed by atoms with Crippen LogP contribution in [0.1, 0.15) is 51.9 Å². The minimum Gasteiger partial charge on any atom is -0.544 e. The lowest BCUT2D eigenvalue weighted by atomic mass is 9.98. The zero-order valence-electron chi connectivity index (χ0n) is 19.1. The van der Waals surface area contributed by atoms with Crippen molar-refractivity contribution < 1.29 is 9.22 Å². The van der Waals surface area contributed by atoms with E-state index in [-0.39, 0.29) is 16.2 Å². The smallest absolute Gasteiger partial charge is 0.250 e. The van der Waals surface area contributed by atoms with E-state index in [1.165, 1.54) is 0 Å². The van der Waals surface area contributed by atoms with Gasteiger partial charge in [-0.1, -0.05) is 38.7 Å². The molecule has 0 aliphatic heterocycles. The van der Waals surface area contributed by atoms with E-state index in [1.54, 1.807) is 0 Å². The molecular formula is C24H37NO2Si. The molecule has 0 unspecified atom stereocenters. The van der Waals surface area contributed by atoms with E-state index in [0.29, 0.717) is 18.7 Å². The van der Waals surface area contributed by atoms with Gasteiger partial charge in [-0.15, -0.1) is 0 Å². The molecule has 1 aromatic carbocycles. The Morgan fingerprint density at radius 1 is 1.11 bits per heavy atom. The van der Waals surface area contributed by atoms with E-state index < -0.39 is 8.32 Å². The average Bonchev–Trinajstić information content (AvgIpc) is 2.52. The zero-order chi connectivity index (χ0) is 21.6. The summed E-state index contributed by atoms with van der Waals surface area (Å²) in [6.45, 7) is 18.4. The zero-order valence-corrected chi connectivity index (χ0v) is 20.1. The van der Waals surface area contributed by atoms with Crippen molar-refractivity contribution in [3.63, 3.8) is 0 Å². The number of rotatable bonds is 7. The fourth-order valence-corrected chi connectivity index (χ4v) is 3.14. The number of carbonyl (C=O) groups excluding carboxylic acids is 1. The molecule has 0 aromatic heterocycles. The summed E-state index contributed by atoms with van der Waals surface area (Å²) >= 11 is 0. The van der Waals surface area contributed by atoms with Gasteiger partial charge in [0.1, 0.15) is 5.75 Å². The number of benzene rings is 1. The van der Waals surface area contributed by atoms with Gasteiger partial charge in [0.25, 0.3) is 0 Å². The molecule has 0 saturated carbocycles. The summed E-state index contributed by atoms with van der Waals surface area (Å²) in [6, 6.07) is 7.55. The van der Waals surface area contributed by atoms with Crippen molar-refractivity contribution in [2.24, 2.45) is 5.41 Å². The Morgan fingerprint density at radius 3 is 2.18 bits per heavy atom. The first-order valence-corrected chi connectivity index (χ1v) is 12.8. The van der Waals surface area contributed by atoms with Gasteiger partial charge < -0.3 is 4.43 Å². The maximum Gasteiger partial charge on any atom is 0.250 e. The largest absolute Gasteiger partial charge is 0.544 e. The van der Waals surface area contributed by atoms with Crippen LogP contribution in [0.4, 0.5) is 0 Å². The summed E-state index contributed by atoms with van der Waals surface area (Å²) in [5.74, 6) is 7.16. The summed E-state index contributed by atoms with van der Waals surface area (Å²) in [6.07, 6.45) is 3.85. The lowest BCUT2D eigenvalue weighted by Gasteiger charge is -2.36. The monoisotopic (exact) mass is 399 g/mol. The van der Waals surface area contributed by atoms with Gasteiger partial charge in [-0.2, -0.15) is 0 Å². The minimum absolute atomic E-state index is 0.00662. The van der Waals surface area contributed by atoms with Gasteiger partial charge >= 0.3 is 0 Å². The molecule has 4 heteroatoms. The molecule has 0 heterocycles. The molecule has 0 amide bonds. The third kappa shape index (κ3) is 8.46. The highest BCUT2D eigenvalue weighted by Crippen LogP contribution is 2.37. The van der Waals surface area contributed by atoms with E-state index in [9.17, 15) is 4.79 Å². The van der Waals surface area contributed by atoms with Gasteiger partial charge in [0.15, 0.2) is 5.78 Å². The van der Waals surface area contributed by atoms with Gasteiger partial charge in [0.2, 0.25) is 8.32 Å². The highest BCUT2D eigenvalue weighted by Gasteiger charge is 2.38.